The van der Waals surface area contributed by atoms with Gasteiger partial charge in [0, 0.05) is 25.5 Å². The lowest BCUT2D eigenvalue weighted by Crippen LogP contribution is -2.58. The molecule has 1 amide bonds. The molecule has 0 bridgehead atoms. The number of hydrogen-bond donors (Lipinski definition) is 5. The highest BCUT2D eigenvalue weighted by atomic mass is 32.2. The number of allylic oxidation sites excluding steroid dienone is 2. The van der Waals surface area contributed by atoms with Crippen LogP contribution in [0.2, 0.25) is 0 Å². The van der Waals surface area contributed by atoms with Gasteiger partial charge < -0.3 is 30.9 Å². The number of nitrogens with zero attached hydrogens (tertiary/aromatic N) is 2. The molecule has 5 rings (SSSR count). The van der Waals surface area contributed by atoms with E-state index in [0.717, 1.165) is 32.1 Å². The number of thioether (sulfide) groups is 1. The zero-order valence-electron chi connectivity index (χ0n) is 15.9. The summed E-state index contributed by atoms with van der Waals surface area (Å²) in [6.07, 6.45) is 13.5. The molecule has 4 unspecified atom stereocenters. The lowest BCUT2D eigenvalue weighted by molar-refractivity contribution is -0.120. The van der Waals surface area contributed by atoms with Gasteiger partial charge in [0.05, 0.1) is 24.6 Å². The predicted molar refractivity (Wildman–Crippen MR) is 111 cm³/mol. The molecule has 29 heavy (non-hydrogen) atoms. The predicted octanol–water partition coefficient (Wildman–Crippen LogP) is -0.589. The molecule has 4 atom stereocenters. The van der Waals surface area contributed by atoms with Gasteiger partial charge in [0.2, 0.25) is 0 Å². The smallest absolute Gasteiger partial charge is 0.272 e. The van der Waals surface area contributed by atoms with Crippen molar-refractivity contribution in [2.45, 2.75) is 23.7 Å². The van der Waals surface area contributed by atoms with E-state index in [-0.39, 0.29) is 29.7 Å². The summed E-state index contributed by atoms with van der Waals surface area (Å²) in [6.45, 7) is 3.13. The van der Waals surface area contributed by atoms with E-state index in [1.54, 1.807) is 18.0 Å². The van der Waals surface area contributed by atoms with Gasteiger partial charge in [0.15, 0.2) is 0 Å². The molecule has 0 spiro atoms. The summed E-state index contributed by atoms with van der Waals surface area (Å²) in [7, 11) is 0. The molecule has 0 aliphatic carbocycles. The maximum atomic E-state index is 13.0. The van der Waals surface area contributed by atoms with Crippen molar-refractivity contribution in [2.24, 2.45) is 0 Å². The third-order valence-corrected chi connectivity index (χ3v) is 6.35. The number of fused-ring (bicyclic) bond motifs is 1. The summed E-state index contributed by atoms with van der Waals surface area (Å²) in [4.78, 5) is 15.2. The van der Waals surface area contributed by atoms with Crippen molar-refractivity contribution in [3.8, 4) is 0 Å². The van der Waals surface area contributed by atoms with Gasteiger partial charge in [-0.3, -0.25) is 9.80 Å². The Balaban J connectivity index is 1.19. The SMILES string of the molecule is O=C(NC1C=CC=C(N2CCOCC2)N1)C1=CNC2C=CC(C3NC=CS3)NN12. The Bertz CT molecular complexity index is 794. The molecule has 1 saturated heterocycles. The number of nitrogens with one attached hydrogen (secondary N) is 5. The molecule has 5 heterocycles. The Morgan fingerprint density at radius 3 is 2.93 bits per heavy atom. The van der Waals surface area contributed by atoms with Gasteiger partial charge in [-0.05, 0) is 23.6 Å². The van der Waals surface area contributed by atoms with Crippen LogP contribution in [0.5, 0.6) is 0 Å². The van der Waals surface area contributed by atoms with Crippen molar-refractivity contribution in [1.82, 2.24) is 36.6 Å². The third kappa shape index (κ3) is 3.83. The second-order valence-electron chi connectivity index (χ2n) is 7.21. The number of amides is 1. The number of hydrazine groups is 1. The first-order chi connectivity index (χ1) is 14.3. The number of carbonyl (C=O) groups excluding carboxylic acids is 1. The van der Waals surface area contributed by atoms with Gasteiger partial charge in [0.25, 0.3) is 5.91 Å². The number of carbonyl (C=O) groups is 1. The molecule has 5 aliphatic rings. The van der Waals surface area contributed by atoms with Gasteiger partial charge >= 0.3 is 0 Å². The Hall–Kier alpha value is -2.56. The van der Waals surface area contributed by atoms with Gasteiger partial charge in [-0.15, -0.1) is 11.8 Å². The monoisotopic (exact) mass is 415 g/mol. The second kappa shape index (κ2) is 8.05. The fraction of sp³-hybridized carbons (Fsp3) is 0.421. The molecule has 1 fully saturated rings. The van der Waals surface area contributed by atoms with Crippen LogP contribution >= 0.6 is 11.8 Å². The van der Waals surface area contributed by atoms with E-state index < -0.39 is 0 Å². The first-order valence-corrected chi connectivity index (χ1v) is 10.8. The van der Waals surface area contributed by atoms with E-state index in [9.17, 15) is 4.79 Å². The Kier molecular flexibility index (Phi) is 5.13. The zero-order chi connectivity index (χ0) is 19.6. The molecular formula is C19H25N7O2S. The summed E-state index contributed by atoms with van der Waals surface area (Å²) in [5, 5.41) is 17.2. The molecule has 0 aromatic heterocycles. The number of rotatable bonds is 4. The number of morpholine rings is 1. The van der Waals surface area contributed by atoms with Crippen LogP contribution in [0.4, 0.5) is 0 Å². The Labute approximate surface area is 173 Å². The molecule has 0 radical (unpaired) electrons. The maximum absolute atomic E-state index is 13.0. The normalized spacial score (nSPS) is 32.7. The van der Waals surface area contributed by atoms with Crippen LogP contribution in [0.25, 0.3) is 0 Å². The van der Waals surface area contributed by atoms with Crippen LogP contribution in [-0.2, 0) is 9.53 Å². The molecule has 0 aromatic rings. The summed E-state index contributed by atoms with van der Waals surface area (Å²) in [5.74, 6) is 0.866. The van der Waals surface area contributed by atoms with Crippen molar-refractivity contribution in [3.63, 3.8) is 0 Å². The van der Waals surface area contributed by atoms with Crippen molar-refractivity contribution in [3.05, 3.63) is 59.7 Å². The molecule has 10 heteroatoms. The second-order valence-corrected chi connectivity index (χ2v) is 8.26. The quantitative estimate of drug-likeness (QED) is 0.387. The maximum Gasteiger partial charge on any atom is 0.272 e. The van der Waals surface area contributed by atoms with E-state index in [2.05, 4.69) is 43.7 Å². The van der Waals surface area contributed by atoms with E-state index in [0.29, 0.717) is 5.70 Å². The van der Waals surface area contributed by atoms with E-state index in [1.165, 1.54) is 0 Å². The van der Waals surface area contributed by atoms with Gasteiger partial charge in [-0.2, -0.15) is 0 Å². The molecule has 0 aromatic carbocycles. The highest BCUT2D eigenvalue weighted by molar-refractivity contribution is 8.03. The van der Waals surface area contributed by atoms with Crippen molar-refractivity contribution in [2.75, 3.05) is 26.3 Å². The first-order valence-electron chi connectivity index (χ1n) is 9.83. The topological polar surface area (TPSA) is 92.9 Å². The standard InChI is InChI=1S/C19H25N7O2S/c27-18(23-15-2-1-3-17(22-15)25-7-9-28-10-8-25)14-12-21-16-5-4-13(24-26(14)16)19-20-6-11-29-19/h1-6,11-13,15-16,19-22,24H,7-10H2,(H,23,27). The van der Waals surface area contributed by atoms with Crippen LogP contribution in [0, 0.1) is 0 Å². The van der Waals surface area contributed by atoms with E-state index in [1.807, 2.05) is 34.8 Å². The molecule has 5 N–H and O–H groups in total. The number of dihydropyridines is 1. The summed E-state index contributed by atoms with van der Waals surface area (Å²) in [6, 6.07) is 0.0888. The molecule has 9 nitrogen and oxygen atoms in total. The number of ether oxygens (including phenoxy) is 1. The van der Waals surface area contributed by atoms with E-state index >= 15 is 0 Å². The van der Waals surface area contributed by atoms with Crippen LogP contribution in [0.1, 0.15) is 0 Å². The molecular weight excluding hydrogens is 390 g/mol. The fourth-order valence-electron chi connectivity index (χ4n) is 3.82. The average molecular weight is 416 g/mol. The average Bonchev–Trinajstić information content (AvgIpc) is 3.44. The lowest BCUT2D eigenvalue weighted by atomic mass is 10.2. The van der Waals surface area contributed by atoms with Gasteiger partial charge in [-0.1, -0.05) is 12.2 Å². The first kappa shape index (κ1) is 18.5. The van der Waals surface area contributed by atoms with Gasteiger partial charge in [0.1, 0.15) is 23.8 Å². The van der Waals surface area contributed by atoms with Crippen molar-refractivity contribution >= 4 is 17.7 Å². The van der Waals surface area contributed by atoms with Crippen molar-refractivity contribution < 1.29 is 9.53 Å². The third-order valence-electron chi connectivity index (χ3n) is 5.33. The van der Waals surface area contributed by atoms with Crippen LogP contribution in [0.3, 0.4) is 0 Å². The van der Waals surface area contributed by atoms with Crippen LogP contribution in [0.15, 0.2) is 59.7 Å². The van der Waals surface area contributed by atoms with Crippen molar-refractivity contribution in [1.29, 1.82) is 0 Å². The number of hydrogen-bond acceptors (Lipinski definition) is 9. The minimum atomic E-state index is -0.266. The summed E-state index contributed by atoms with van der Waals surface area (Å²) < 4.78 is 5.42. The van der Waals surface area contributed by atoms with E-state index in [4.69, 9.17) is 4.74 Å². The Morgan fingerprint density at radius 2 is 2.10 bits per heavy atom. The summed E-state index contributed by atoms with van der Waals surface area (Å²) >= 11 is 1.72. The molecule has 5 aliphatic heterocycles. The van der Waals surface area contributed by atoms with Crippen LogP contribution in [-0.4, -0.2) is 65.9 Å². The fourth-order valence-corrected chi connectivity index (χ4v) is 4.63. The largest absolute Gasteiger partial charge is 0.378 e. The van der Waals surface area contributed by atoms with Gasteiger partial charge in [-0.25, -0.2) is 5.43 Å². The molecule has 0 saturated carbocycles. The van der Waals surface area contributed by atoms with Crippen LogP contribution < -0.4 is 26.7 Å². The highest BCUT2D eigenvalue weighted by Crippen LogP contribution is 2.25. The Morgan fingerprint density at radius 1 is 1.21 bits per heavy atom. The highest BCUT2D eigenvalue weighted by Gasteiger charge is 2.36. The minimum absolute atomic E-state index is 0.0648. The summed E-state index contributed by atoms with van der Waals surface area (Å²) in [5.41, 5.74) is 4.01. The molecule has 154 valence electrons. The zero-order valence-corrected chi connectivity index (χ0v) is 16.7. The lowest BCUT2D eigenvalue weighted by Gasteiger charge is -2.37. The minimum Gasteiger partial charge on any atom is -0.378 e.